The summed E-state index contributed by atoms with van der Waals surface area (Å²) in [5.74, 6) is -0.531. The Bertz CT molecular complexity index is 445. The van der Waals surface area contributed by atoms with E-state index in [0.717, 1.165) is 5.56 Å². The van der Waals surface area contributed by atoms with Gasteiger partial charge >= 0.3 is 0 Å². The van der Waals surface area contributed by atoms with Gasteiger partial charge in [-0.25, -0.2) is 0 Å². The molecule has 0 bridgehead atoms. The quantitative estimate of drug-likeness (QED) is 0.597. The van der Waals surface area contributed by atoms with Crippen LogP contribution in [-0.2, 0) is 9.63 Å². The van der Waals surface area contributed by atoms with Gasteiger partial charge in [-0.05, 0) is 18.6 Å². The van der Waals surface area contributed by atoms with Crippen molar-refractivity contribution in [3.63, 3.8) is 0 Å². The minimum atomic E-state index is -0.531. The van der Waals surface area contributed by atoms with Crippen LogP contribution in [0.5, 0.6) is 0 Å². The molecule has 1 rings (SSSR count). The normalized spacial score (nSPS) is 9.76. The van der Waals surface area contributed by atoms with Crippen LogP contribution in [0.3, 0.4) is 0 Å². The number of benzene rings is 1. The molecule has 0 aliphatic heterocycles. The summed E-state index contributed by atoms with van der Waals surface area (Å²) >= 11 is 5.49. The average Bonchev–Trinajstić information content (AvgIpc) is 2.29. The van der Waals surface area contributed by atoms with Gasteiger partial charge in [0.1, 0.15) is 6.61 Å². The molecule has 0 radical (unpaired) electrons. The fourth-order valence-electron chi connectivity index (χ4n) is 1.21. The first-order chi connectivity index (χ1) is 8.06. The molecular formula is C12H12ClNO3. The maximum atomic E-state index is 11.9. The Kier molecular flexibility index (Phi) is 4.87. The zero-order valence-electron chi connectivity index (χ0n) is 9.35. The Balaban J connectivity index is 2.83. The lowest BCUT2D eigenvalue weighted by molar-refractivity contribution is -0.152. The first-order valence-corrected chi connectivity index (χ1v) is 5.24. The van der Waals surface area contributed by atoms with Gasteiger partial charge in [0.05, 0.1) is 0 Å². The number of nitrogens with zero attached hydrogens (tertiary/aromatic N) is 1. The van der Waals surface area contributed by atoms with Crippen LogP contribution in [-0.4, -0.2) is 24.0 Å². The topological polar surface area (TPSA) is 46.6 Å². The molecule has 0 spiro atoms. The van der Waals surface area contributed by atoms with E-state index in [9.17, 15) is 9.59 Å². The Labute approximate surface area is 104 Å². The van der Waals surface area contributed by atoms with Crippen LogP contribution in [0.1, 0.15) is 15.9 Å². The van der Waals surface area contributed by atoms with Gasteiger partial charge in [-0.3, -0.25) is 14.4 Å². The number of carbonyl (C=O) groups is 2. The third-order valence-corrected chi connectivity index (χ3v) is 2.14. The molecule has 0 saturated carbocycles. The Morgan fingerprint density at radius 3 is 2.71 bits per heavy atom. The highest BCUT2D eigenvalue weighted by molar-refractivity contribution is 6.29. The van der Waals surface area contributed by atoms with Crippen LogP contribution in [0.2, 0.25) is 0 Å². The zero-order valence-corrected chi connectivity index (χ0v) is 10.1. The highest BCUT2D eigenvalue weighted by Crippen LogP contribution is 2.10. The van der Waals surface area contributed by atoms with Crippen molar-refractivity contribution < 1.29 is 14.4 Å². The summed E-state index contributed by atoms with van der Waals surface area (Å²) in [5.41, 5.74) is 1.16. The van der Waals surface area contributed by atoms with E-state index in [1.165, 1.54) is 0 Å². The summed E-state index contributed by atoms with van der Waals surface area (Å²) in [6.45, 7) is 5.07. The second kappa shape index (κ2) is 6.18. The van der Waals surface area contributed by atoms with Gasteiger partial charge in [0.25, 0.3) is 5.91 Å². The predicted molar refractivity (Wildman–Crippen MR) is 64.4 cm³/mol. The first kappa shape index (κ1) is 13.4. The molecule has 4 nitrogen and oxygen atoms in total. The molecule has 0 N–H and O–H groups in total. The highest BCUT2D eigenvalue weighted by Gasteiger charge is 2.17. The number of halogens is 1. The fourth-order valence-corrected chi connectivity index (χ4v) is 1.26. The molecule has 17 heavy (non-hydrogen) atoms. The van der Waals surface area contributed by atoms with Crippen LogP contribution < -0.4 is 0 Å². The molecule has 0 saturated heterocycles. The minimum absolute atomic E-state index is 0.0993. The molecule has 0 unspecified atom stereocenters. The smallest absolute Gasteiger partial charge is 0.276 e. The fraction of sp³-hybridized carbons (Fsp3) is 0.167. The van der Waals surface area contributed by atoms with Crippen LogP contribution >= 0.6 is 11.6 Å². The summed E-state index contributed by atoms with van der Waals surface area (Å²) < 4.78 is 0. The number of amides is 2. The Hall–Kier alpha value is -1.65. The summed E-state index contributed by atoms with van der Waals surface area (Å²) in [6.07, 6.45) is 0.300. The number of aryl methyl sites for hydroxylation is 1. The Morgan fingerprint density at radius 2 is 2.18 bits per heavy atom. The van der Waals surface area contributed by atoms with E-state index in [1.807, 2.05) is 0 Å². The number of imide groups is 1. The van der Waals surface area contributed by atoms with Gasteiger partial charge in [-0.2, -0.15) is 5.06 Å². The molecule has 5 heteroatoms. The molecule has 0 atom stereocenters. The van der Waals surface area contributed by atoms with E-state index in [2.05, 4.69) is 6.58 Å². The lowest BCUT2D eigenvalue weighted by Crippen LogP contribution is -2.30. The SMILES string of the molecule is C=C(Cl)CON(C=O)C(=O)c1ccccc1C. The predicted octanol–water partition coefficient (Wildman–Crippen LogP) is 2.28. The first-order valence-electron chi connectivity index (χ1n) is 4.87. The van der Waals surface area contributed by atoms with Crippen molar-refractivity contribution in [1.82, 2.24) is 5.06 Å². The van der Waals surface area contributed by atoms with Crippen molar-refractivity contribution in [3.05, 3.63) is 47.0 Å². The van der Waals surface area contributed by atoms with Crippen molar-refractivity contribution >= 4 is 23.9 Å². The molecule has 0 aliphatic carbocycles. The molecule has 0 aromatic heterocycles. The molecule has 90 valence electrons. The second-order valence-corrected chi connectivity index (χ2v) is 3.88. The van der Waals surface area contributed by atoms with Crippen molar-refractivity contribution in [1.29, 1.82) is 0 Å². The molecule has 1 aromatic carbocycles. The van der Waals surface area contributed by atoms with Gasteiger partial charge < -0.3 is 0 Å². The number of rotatable bonds is 5. The number of carbonyl (C=O) groups excluding carboxylic acids is 2. The van der Waals surface area contributed by atoms with Crippen LogP contribution in [0.4, 0.5) is 0 Å². The lowest BCUT2D eigenvalue weighted by Gasteiger charge is -2.15. The van der Waals surface area contributed by atoms with E-state index < -0.39 is 5.91 Å². The zero-order chi connectivity index (χ0) is 12.8. The van der Waals surface area contributed by atoms with Crippen LogP contribution in [0.25, 0.3) is 0 Å². The minimum Gasteiger partial charge on any atom is -0.276 e. The summed E-state index contributed by atoms with van der Waals surface area (Å²) in [6, 6.07) is 6.91. The molecule has 0 aliphatic rings. The van der Waals surface area contributed by atoms with E-state index in [0.29, 0.717) is 17.0 Å². The second-order valence-electron chi connectivity index (χ2n) is 3.34. The van der Waals surface area contributed by atoms with E-state index in [-0.39, 0.29) is 11.6 Å². The molecule has 0 heterocycles. The van der Waals surface area contributed by atoms with Gasteiger partial charge in [0.2, 0.25) is 6.41 Å². The number of hydrogen-bond donors (Lipinski definition) is 0. The summed E-state index contributed by atoms with van der Waals surface area (Å²) in [4.78, 5) is 27.6. The average molecular weight is 254 g/mol. The standard InChI is InChI=1S/C12H12ClNO3/c1-9-5-3-4-6-11(9)12(16)14(8-15)17-7-10(2)13/h3-6,8H,2,7H2,1H3. The molecule has 1 aromatic rings. The third kappa shape index (κ3) is 3.69. The summed E-state index contributed by atoms with van der Waals surface area (Å²) in [5, 5.41) is 0.810. The summed E-state index contributed by atoms with van der Waals surface area (Å²) in [7, 11) is 0. The van der Waals surface area contributed by atoms with Crippen LogP contribution in [0.15, 0.2) is 35.9 Å². The van der Waals surface area contributed by atoms with Crippen molar-refractivity contribution in [2.75, 3.05) is 6.61 Å². The third-order valence-electron chi connectivity index (χ3n) is 2.03. The number of hydroxylamine groups is 2. The van der Waals surface area contributed by atoms with Crippen molar-refractivity contribution in [2.24, 2.45) is 0 Å². The van der Waals surface area contributed by atoms with Gasteiger partial charge in [-0.15, -0.1) is 0 Å². The molecule has 2 amide bonds. The maximum absolute atomic E-state index is 11.9. The highest BCUT2D eigenvalue weighted by atomic mass is 35.5. The maximum Gasteiger partial charge on any atom is 0.284 e. The van der Waals surface area contributed by atoms with Gasteiger partial charge in [0, 0.05) is 10.6 Å². The van der Waals surface area contributed by atoms with E-state index in [4.69, 9.17) is 16.4 Å². The monoisotopic (exact) mass is 253 g/mol. The molecule has 0 fully saturated rings. The largest absolute Gasteiger partial charge is 0.284 e. The van der Waals surface area contributed by atoms with E-state index >= 15 is 0 Å². The number of hydrogen-bond acceptors (Lipinski definition) is 3. The molecular weight excluding hydrogens is 242 g/mol. The van der Waals surface area contributed by atoms with E-state index in [1.54, 1.807) is 31.2 Å². The van der Waals surface area contributed by atoms with Crippen molar-refractivity contribution in [2.45, 2.75) is 6.92 Å². The Morgan fingerprint density at radius 1 is 1.53 bits per heavy atom. The van der Waals surface area contributed by atoms with Gasteiger partial charge in [-0.1, -0.05) is 36.4 Å². The van der Waals surface area contributed by atoms with Crippen molar-refractivity contribution in [3.8, 4) is 0 Å². The van der Waals surface area contributed by atoms with Gasteiger partial charge in [0.15, 0.2) is 0 Å². The van der Waals surface area contributed by atoms with Crippen LogP contribution in [0, 0.1) is 6.92 Å². The lowest BCUT2D eigenvalue weighted by atomic mass is 10.1.